The molecule has 0 amide bonds. The maximum absolute atomic E-state index is 13.1. The van der Waals surface area contributed by atoms with E-state index in [1.807, 2.05) is 11.9 Å². The second-order valence-electron chi connectivity index (χ2n) is 4.67. The lowest BCUT2D eigenvalue weighted by Gasteiger charge is -2.14. The van der Waals surface area contributed by atoms with Gasteiger partial charge >= 0.3 is 0 Å². The van der Waals surface area contributed by atoms with Gasteiger partial charge in [-0.3, -0.25) is 0 Å². The van der Waals surface area contributed by atoms with Crippen LogP contribution < -0.4 is 5.23 Å². The molecular weight excluding hydrogens is 266 g/mol. The van der Waals surface area contributed by atoms with Crippen LogP contribution in [-0.2, 0) is 0 Å². The number of hydrogen-bond donors (Lipinski definition) is 2. The van der Waals surface area contributed by atoms with Crippen molar-refractivity contribution in [3.8, 4) is 0 Å². The number of rotatable bonds is 10. The molecule has 0 saturated carbocycles. The van der Waals surface area contributed by atoms with Crippen LogP contribution in [0.15, 0.2) is 23.8 Å². The van der Waals surface area contributed by atoms with Gasteiger partial charge in [0.25, 0.3) is 0 Å². The molecule has 0 fully saturated rings. The minimum Gasteiger partial charge on any atom is -0.359 e. The van der Waals surface area contributed by atoms with E-state index >= 15 is 0 Å². The van der Waals surface area contributed by atoms with Gasteiger partial charge in [0.2, 0.25) is 7.41 Å². The lowest BCUT2D eigenvalue weighted by molar-refractivity contribution is 0.418. The first kappa shape index (κ1) is 18.9. The Morgan fingerprint density at radius 1 is 1.40 bits per heavy atom. The van der Waals surface area contributed by atoms with Crippen molar-refractivity contribution < 1.29 is 13.2 Å². The van der Waals surface area contributed by atoms with E-state index in [-0.39, 0.29) is 0 Å². The van der Waals surface area contributed by atoms with Gasteiger partial charge in [-0.1, -0.05) is 0 Å². The van der Waals surface area contributed by atoms with Crippen molar-refractivity contribution in [3.63, 3.8) is 0 Å². The minimum absolute atomic E-state index is 0.303. The largest absolute Gasteiger partial charge is 0.359 e. The van der Waals surface area contributed by atoms with E-state index in [1.165, 1.54) is 0 Å². The summed E-state index contributed by atoms with van der Waals surface area (Å²) in [5, 5.41) is 10.3. The molecule has 20 heavy (non-hydrogen) atoms. The Bertz CT molecular complexity index is 357. The van der Waals surface area contributed by atoms with Gasteiger partial charge in [0.1, 0.15) is 6.17 Å². The molecule has 1 unspecified atom stereocenters. The molecule has 0 aromatic rings. The molecule has 0 bridgehead atoms. The van der Waals surface area contributed by atoms with E-state index in [9.17, 15) is 13.2 Å². The maximum Gasteiger partial charge on any atom is 0.221 e. The van der Waals surface area contributed by atoms with Crippen molar-refractivity contribution in [1.29, 1.82) is 5.41 Å². The van der Waals surface area contributed by atoms with Crippen LogP contribution in [0.4, 0.5) is 13.2 Å². The van der Waals surface area contributed by atoms with Gasteiger partial charge in [-0.05, 0) is 52.5 Å². The van der Waals surface area contributed by atoms with Crippen molar-refractivity contribution in [1.82, 2.24) is 10.1 Å². The number of nitrogens with one attached hydrogen (secondary N) is 2. The molecule has 1 radical (unpaired) electrons. The number of allylic oxidation sites excluding steroid dienone is 3. The van der Waals surface area contributed by atoms with Crippen molar-refractivity contribution >= 4 is 13.1 Å². The van der Waals surface area contributed by atoms with Crippen molar-refractivity contribution in [3.05, 3.63) is 23.8 Å². The quantitative estimate of drug-likeness (QED) is 0.281. The van der Waals surface area contributed by atoms with Crippen LogP contribution in [0.3, 0.4) is 0 Å². The standard InChI is InChI=1S/C13H22BF3N3/c1-10(15)7-13(17)12(16)5-4-6-19-14-9-20(3)8-11(2)18/h5,7,10,18-19H,4,6,8-9H2,1-3H3/b12-5+,13-7+,18-11?. The summed E-state index contributed by atoms with van der Waals surface area (Å²) in [6.45, 7) is 3.92. The van der Waals surface area contributed by atoms with E-state index in [0.29, 0.717) is 37.7 Å². The zero-order chi connectivity index (χ0) is 15.5. The Balaban J connectivity index is 3.78. The predicted octanol–water partition coefficient (Wildman–Crippen LogP) is 2.58. The number of halogens is 3. The second kappa shape index (κ2) is 10.7. The highest BCUT2D eigenvalue weighted by molar-refractivity contribution is 6.32. The summed E-state index contributed by atoms with van der Waals surface area (Å²) < 4.78 is 38.5. The van der Waals surface area contributed by atoms with E-state index in [2.05, 4.69) is 5.23 Å². The fraction of sp³-hybridized carbons (Fsp3) is 0.615. The lowest BCUT2D eigenvalue weighted by atomic mass is 9.94. The molecule has 0 aromatic carbocycles. The summed E-state index contributed by atoms with van der Waals surface area (Å²) in [4.78, 5) is 1.94. The Kier molecular flexibility index (Phi) is 10.1. The average molecular weight is 288 g/mol. The van der Waals surface area contributed by atoms with Gasteiger partial charge in [0, 0.05) is 12.3 Å². The van der Waals surface area contributed by atoms with E-state index < -0.39 is 17.8 Å². The van der Waals surface area contributed by atoms with Gasteiger partial charge in [-0.25, -0.2) is 13.2 Å². The Hall–Kier alpha value is -1.08. The summed E-state index contributed by atoms with van der Waals surface area (Å²) in [6, 6.07) is 0. The minimum atomic E-state index is -1.51. The Morgan fingerprint density at radius 3 is 2.60 bits per heavy atom. The summed E-state index contributed by atoms with van der Waals surface area (Å²) in [5.41, 5.74) is 0.579. The number of hydrogen-bond acceptors (Lipinski definition) is 3. The molecule has 0 saturated heterocycles. The summed E-state index contributed by atoms with van der Waals surface area (Å²) in [7, 11) is 3.68. The Labute approximate surface area is 119 Å². The van der Waals surface area contributed by atoms with Gasteiger partial charge in [0.15, 0.2) is 11.7 Å². The molecular formula is C13H22BF3N3. The molecule has 0 heterocycles. The molecule has 0 aliphatic rings. The van der Waals surface area contributed by atoms with Crippen LogP contribution >= 0.6 is 0 Å². The molecule has 0 rings (SSSR count). The number of alkyl halides is 1. The van der Waals surface area contributed by atoms with Gasteiger partial charge in [-0.15, -0.1) is 0 Å². The molecule has 1 atom stereocenters. The van der Waals surface area contributed by atoms with Gasteiger partial charge in [-0.2, -0.15) is 0 Å². The van der Waals surface area contributed by atoms with Crippen LogP contribution in [0.2, 0.25) is 0 Å². The highest BCUT2D eigenvalue weighted by atomic mass is 19.2. The maximum atomic E-state index is 13.1. The summed E-state index contributed by atoms with van der Waals surface area (Å²) in [6.07, 6.45) is 1.13. The summed E-state index contributed by atoms with van der Waals surface area (Å²) in [5.74, 6) is -2.20. The molecule has 0 aliphatic carbocycles. The van der Waals surface area contributed by atoms with Crippen LogP contribution in [-0.4, -0.2) is 50.8 Å². The third-order valence-electron chi connectivity index (χ3n) is 2.27. The lowest BCUT2D eigenvalue weighted by Crippen LogP contribution is -2.35. The fourth-order valence-corrected chi connectivity index (χ4v) is 1.45. The molecule has 7 heteroatoms. The molecule has 3 nitrogen and oxygen atoms in total. The van der Waals surface area contributed by atoms with Crippen LogP contribution in [0.1, 0.15) is 20.3 Å². The zero-order valence-corrected chi connectivity index (χ0v) is 12.2. The molecule has 113 valence electrons. The first-order chi connectivity index (χ1) is 9.32. The zero-order valence-electron chi connectivity index (χ0n) is 12.2. The number of nitrogens with zero attached hydrogens (tertiary/aromatic N) is 1. The summed E-state index contributed by atoms with van der Waals surface area (Å²) >= 11 is 0. The fourth-order valence-electron chi connectivity index (χ4n) is 1.45. The molecule has 0 aliphatic heterocycles. The smallest absolute Gasteiger partial charge is 0.221 e. The first-order valence-corrected chi connectivity index (χ1v) is 6.48. The average Bonchev–Trinajstić information content (AvgIpc) is 2.31. The van der Waals surface area contributed by atoms with Gasteiger partial charge in [0.05, 0.1) is 0 Å². The van der Waals surface area contributed by atoms with E-state index in [0.717, 1.165) is 13.0 Å². The third-order valence-corrected chi connectivity index (χ3v) is 2.27. The van der Waals surface area contributed by atoms with E-state index in [4.69, 9.17) is 5.41 Å². The van der Waals surface area contributed by atoms with Crippen LogP contribution in [0.5, 0.6) is 0 Å². The predicted molar refractivity (Wildman–Crippen MR) is 78.2 cm³/mol. The normalized spacial score (nSPS) is 14.6. The van der Waals surface area contributed by atoms with Crippen LogP contribution in [0, 0.1) is 5.41 Å². The topological polar surface area (TPSA) is 39.1 Å². The van der Waals surface area contributed by atoms with Crippen LogP contribution in [0.25, 0.3) is 0 Å². The Morgan fingerprint density at radius 2 is 2.05 bits per heavy atom. The SMILES string of the molecule is CC(=N)CN(C)C[B]NCC/C=C(F)\C(F)=C/C(C)F. The highest BCUT2D eigenvalue weighted by Gasteiger charge is 2.05. The molecule has 2 N–H and O–H groups in total. The van der Waals surface area contributed by atoms with Crippen molar-refractivity contribution in [2.45, 2.75) is 26.4 Å². The first-order valence-electron chi connectivity index (χ1n) is 6.48. The van der Waals surface area contributed by atoms with Gasteiger partial charge < -0.3 is 15.5 Å². The molecule has 0 spiro atoms. The van der Waals surface area contributed by atoms with E-state index in [1.54, 1.807) is 14.3 Å². The monoisotopic (exact) mass is 288 g/mol. The van der Waals surface area contributed by atoms with Crippen molar-refractivity contribution in [2.24, 2.45) is 0 Å². The second-order valence-corrected chi connectivity index (χ2v) is 4.67. The third kappa shape index (κ3) is 10.8. The highest BCUT2D eigenvalue weighted by Crippen LogP contribution is 2.15. The molecule has 0 aromatic heterocycles. The van der Waals surface area contributed by atoms with Crippen molar-refractivity contribution in [2.75, 3.05) is 26.6 Å².